The first-order chi connectivity index (χ1) is 14.0. The standard InChI is InChI=1S/C19H24F3N5OS/c1-23-18(25-12-17-26-16(13-29-17)19(20,21)22)24-11-15(14-5-3-2-4-6-14)27-7-9-28-10-8-27/h2-6,13,15H,7-12H2,1H3,(H2,23,24,25). The minimum absolute atomic E-state index is 0.135. The van der Waals surface area contributed by atoms with Crippen molar-refractivity contribution in [3.63, 3.8) is 0 Å². The third-order valence-electron chi connectivity index (χ3n) is 4.61. The summed E-state index contributed by atoms with van der Waals surface area (Å²) in [6, 6.07) is 10.3. The predicted octanol–water partition coefficient (Wildman–Crippen LogP) is 2.90. The lowest BCUT2D eigenvalue weighted by Crippen LogP contribution is -2.46. The Kier molecular flexibility index (Phi) is 7.45. The monoisotopic (exact) mass is 427 g/mol. The molecule has 2 heterocycles. The molecule has 2 aromatic rings. The Morgan fingerprint density at radius 3 is 2.59 bits per heavy atom. The number of nitrogens with zero attached hydrogens (tertiary/aromatic N) is 3. The Balaban J connectivity index is 1.59. The summed E-state index contributed by atoms with van der Waals surface area (Å²) in [6.45, 7) is 3.85. The van der Waals surface area contributed by atoms with Gasteiger partial charge >= 0.3 is 6.18 Å². The minimum atomic E-state index is -4.42. The smallest absolute Gasteiger partial charge is 0.379 e. The molecule has 1 atom stereocenters. The van der Waals surface area contributed by atoms with Crippen molar-refractivity contribution in [3.8, 4) is 0 Å². The average Bonchev–Trinajstić information content (AvgIpc) is 3.22. The summed E-state index contributed by atoms with van der Waals surface area (Å²) < 4.78 is 43.5. The zero-order valence-corrected chi connectivity index (χ0v) is 16.9. The first-order valence-electron chi connectivity index (χ1n) is 9.30. The predicted molar refractivity (Wildman–Crippen MR) is 107 cm³/mol. The number of hydrogen-bond acceptors (Lipinski definition) is 5. The quantitative estimate of drug-likeness (QED) is 0.548. The first kappa shape index (κ1) is 21.5. The van der Waals surface area contributed by atoms with Crippen LogP contribution in [0.1, 0.15) is 22.3 Å². The number of guanidine groups is 1. The topological polar surface area (TPSA) is 61.8 Å². The highest BCUT2D eigenvalue weighted by Crippen LogP contribution is 2.29. The van der Waals surface area contributed by atoms with E-state index in [4.69, 9.17) is 4.74 Å². The SMILES string of the molecule is CN=C(NCc1nc(C(F)(F)F)cs1)NCC(c1ccccc1)N1CCOCC1. The number of nitrogens with one attached hydrogen (secondary N) is 2. The van der Waals surface area contributed by atoms with Crippen LogP contribution in [0, 0.1) is 0 Å². The molecule has 6 nitrogen and oxygen atoms in total. The van der Waals surface area contributed by atoms with E-state index >= 15 is 0 Å². The minimum Gasteiger partial charge on any atom is -0.379 e. The van der Waals surface area contributed by atoms with Crippen LogP contribution < -0.4 is 10.6 Å². The number of aliphatic imine (C=N–C) groups is 1. The highest BCUT2D eigenvalue weighted by atomic mass is 32.1. The van der Waals surface area contributed by atoms with Crippen molar-refractivity contribution in [1.29, 1.82) is 0 Å². The first-order valence-corrected chi connectivity index (χ1v) is 10.2. The molecule has 0 spiro atoms. The van der Waals surface area contributed by atoms with E-state index < -0.39 is 11.9 Å². The van der Waals surface area contributed by atoms with Gasteiger partial charge in [-0.05, 0) is 5.56 Å². The molecule has 1 aromatic carbocycles. The molecule has 3 rings (SSSR count). The van der Waals surface area contributed by atoms with Gasteiger partial charge in [0.15, 0.2) is 11.7 Å². The van der Waals surface area contributed by atoms with Gasteiger partial charge in [0.25, 0.3) is 0 Å². The number of thiazole rings is 1. The Bertz CT molecular complexity index is 791. The van der Waals surface area contributed by atoms with Gasteiger partial charge in [-0.25, -0.2) is 4.98 Å². The molecule has 0 radical (unpaired) electrons. The van der Waals surface area contributed by atoms with Crippen LogP contribution in [0.25, 0.3) is 0 Å². The number of halogens is 3. The highest BCUT2D eigenvalue weighted by Gasteiger charge is 2.33. The van der Waals surface area contributed by atoms with Gasteiger partial charge in [-0.3, -0.25) is 9.89 Å². The van der Waals surface area contributed by atoms with Crippen molar-refractivity contribution in [1.82, 2.24) is 20.5 Å². The molecular formula is C19H24F3N5OS. The average molecular weight is 427 g/mol. The number of aromatic nitrogens is 1. The maximum atomic E-state index is 12.7. The number of ether oxygens (including phenoxy) is 1. The summed E-state index contributed by atoms with van der Waals surface area (Å²) in [4.78, 5) is 10.2. The van der Waals surface area contributed by atoms with Crippen LogP contribution in [0.3, 0.4) is 0 Å². The van der Waals surface area contributed by atoms with Gasteiger partial charge in [-0.1, -0.05) is 30.3 Å². The molecule has 158 valence electrons. The van der Waals surface area contributed by atoms with E-state index in [0.717, 1.165) is 29.8 Å². The van der Waals surface area contributed by atoms with Crippen LogP contribution in [0.5, 0.6) is 0 Å². The van der Waals surface area contributed by atoms with E-state index in [-0.39, 0.29) is 12.6 Å². The highest BCUT2D eigenvalue weighted by molar-refractivity contribution is 7.09. The van der Waals surface area contributed by atoms with Gasteiger partial charge < -0.3 is 15.4 Å². The fourth-order valence-electron chi connectivity index (χ4n) is 3.12. The van der Waals surface area contributed by atoms with E-state index in [2.05, 4.69) is 37.6 Å². The van der Waals surface area contributed by atoms with E-state index in [0.29, 0.717) is 30.7 Å². The van der Waals surface area contributed by atoms with Crippen molar-refractivity contribution in [2.45, 2.75) is 18.8 Å². The second-order valence-electron chi connectivity index (χ2n) is 6.51. The fraction of sp³-hybridized carbons (Fsp3) is 0.474. The Morgan fingerprint density at radius 2 is 1.97 bits per heavy atom. The number of hydrogen-bond donors (Lipinski definition) is 2. The van der Waals surface area contributed by atoms with Gasteiger partial charge in [0.1, 0.15) is 5.01 Å². The molecule has 0 bridgehead atoms. The molecule has 1 fully saturated rings. The van der Waals surface area contributed by atoms with Gasteiger partial charge in [0.2, 0.25) is 0 Å². The number of alkyl halides is 3. The van der Waals surface area contributed by atoms with Crippen molar-refractivity contribution in [2.24, 2.45) is 4.99 Å². The van der Waals surface area contributed by atoms with Gasteiger partial charge in [0, 0.05) is 32.1 Å². The molecule has 0 aliphatic carbocycles. The number of morpholine rings is 1. The number of benzene rings is 1. The summed E-state index contributed by atoms with van der Waals surface area (Å²) in [6.07, 6.45) is -4.42. The van der Waals surface area contributed by atoms with Crippen molar-refractivity contribution >= 4 is 17.3 Å². The van der Waals surface area contributed by atoms with Crippen molar-refractivity contribution in [3.05, 3.63) is 52.0 Å². The Morgan fingerprint density at radius 1 is 1.24 bits per heavy atom. The Hall–Kier alpha value is -2.17. The number of rotatable bonds is 6. The summed E-state index contributed by atoms with van der Waals surface area (Å²) in [5, 5.41) is 7.70. The Labute approximate surface area is 171 Å². The van der Waals surface area contributed by atoms with Crippen molar-refractivity contribution in [2.75, 3.05) is 39.9 Å². The van der Waals surface area contributed by atoms with E-state index in [1.54, 1.807) is 7.05 Å². The molecule has 10 heteroatoms. The largest absolute Gasteiger partial charge is 0.434 e. The second kappa shape index (κ2) is 10.0. The van der Waals surface area contributed by atoms with Crippen LogP contribution in [0.2, 0.25) is 0 Å². The van der Waals surface area contributed by atoms with Crippen LogP contribution >= 0.6 is 11.3 Å². The molecule has 1 saturated heterocycles. The van der Waals surface area contributed by atoms with E-state index in [9.17, 15) is 13.2 Å². The third kappa shape index (κ3) is 6.15. The van der Waals surface area contributed by atoms with Crippen LogP contribution in [0.15, 0.2) is 40.7 Å². The molecule has 2 N–H and O–H groups in total. The summed E-state index contributed by atoms with van der Waals surface area (Å²) >= 11 is 0.974. The van der Waals surface area contributed by atoms with Crippen LogP contribution in [-0.2, 0) is 17.5 Å². The maximum Gasteiger partial charge on any atom is 0.434 e. The molecule has 1 aliphatic heterocycles. The molecule has 1 aromatic heterocycles. The van der Waals surface area contributed by atoms with Gasteiger partial charge in [0.05, 0.1) is 25.8 Å². The van der Waals surface area contributed by atoms with E-state index in [1.807, 2.05) is 18.2 Å². The lowest BCUT2D eigenvalue weighted by molar-refractivity contribution is -0.140. The zero-order chi connectivity index (χ0) is 20.7. The van der Waals surface area contributed by atoms with Gasteiger partial charge in [-0.2, -0.15) is 13.2 Å². The summed E-state index contributed by atoms with van der Waals surface area (Å²) in [5.74, 6) is 0.517. The molecule has 0 saturated carbocycles. The normalized spacial score (nSPS) is 17.2. The summed E-state index contributed by atoms with van der Waals surface area (Å²) in [5.41, 5.74) is 0.325. The zero-order valence-electron chi connectivity index (χ0n) is 16.1. The van der Waals surface area contributed by atoms with Gasteiger partial charge in [-0.15, -0.1) is 11.3 Å². The van der Waals surface area contributed by atoms with E-state index in [1.165, 1.54) is 5.56 Å². The fourth-order valence-corrected chi connectivity index (χ4v) is 3.86. The molecular weight excluding hydrogens is 403 g/mol. The van der Waals surface area contributed by atoms with Crippen LogP contribution in [-0.4, -0.2) is 55.7 Å². The molecule has 1 unspecified atom stereocenters. The maximum absolute atomic E-state index is 12.7. The lowest BCUT2D eigenvalue weighted by Gasteiger charge is -2.35. The lowest BCUT2D eigenvalue weighted by atomic mass is 10.0. The molecule has 0 amide bonds. The third-order valence-corrected chi connectivity index (χ3v) is 5.46. The molecule has 1 aliphatic rings. The molecule has 29 heavy (non-hydrogen) atoms. The van der Waals surface area contributed by atoms with Crippen LogP contribution in [0.4, 0.5) is 13.2 Å². The summed E-state index contributed by atoms with van der Waals surface area (Å²) in [7, 11) is 1.63. The second-order valence-corrected chi connectivity index (χ2v) is 7.45. The van der Waals surface area contributed by atoms with Crippen molar-refractivity contribution < 1.29 is 17.9 Å².